The second-order valence-corrected chi connectivity index (χ2v) is 8.55. The third-order valence-corrected chi connectivity index (χ3v) is 6.59. The summed E-state index contributed by atoms with van der Waals surface area (Å²) in [5, 5.41) is 0. The van der Waals surface area contributed by atoms with Crippen molar-refractivity contribution >= 4 is 28.6 Å². The van der Waals surface area contributed by atoms with E-state index in [1.165, 1.54) is 24.3 Å². The van der Waals surface area contributed by atoms with Crippen molar-refractivity contribution in [3.05, 3.63) is 0 Å². The lowest BCUT2D eigenvalue weighted by Gasteiger charge is -2.32. The summed E-state index contributed by atoms with van der Waals surface area (Å²) < 4.78 is 33.7. The predicted octanol–water partition coefficient (Wildman–Crippen LogP) is 1.18. The number of piperidine rings is 1. The Morgan fingerprint density at radius 3 is 2.25 bits per heavy atom. The molecule has 1 saturated heterocycles. The zero-order valence-corrected chi connectivity index (χ0v) is 16.0. The Labute approximate surface area is 151 Å². The van der Waals surface area contributed by atoms with Crippen molar-refractivity contribution < 1.29 is 17.9 Å². The first kappa shape index (κ1) is 21.6. The number of ether oxygens (including phenoxy) is 1. The minimum atomic E-state index is -3.54. The van der Waals surface area contributed by atoms with Crippen LogP contribution in [0.25, 0.3) is 0 Å². The van der Waals surface area contributed by atoms with Gasteiger partial charge >= 0.3 is 5.97 Å². The van der Waals surface area contributed by atoms with Crippen molar-refractivity contribution in [2.45, 2.75) is 56.9 Å². The zero-order chi connectivity index (χ0) is 16.9. The summed E-state index contributed by atoms with van der Waals surface area (Å²) in [6, 6.07) is 0. The molecule has 0 aromatic rings. The van der Waals surface area contributed by atoms with E-state index in [1.807, 2.05) is 0 Å². The van der Waals surface area contributed by atoms with Crippen LogP contribution in [0.3, 0.4) is 0 Å². The molecule has 24 heavy (non-hydrogen) atoms. The van der Waals surface area contributed by atoms with E-state index in [1.54, 1.807) is 0 Å². The molecule has 1 aliphatic carbocycles. The quantitative estimate of drug-likeness (QED) is 0.548. The molecule has 0 spiro atoms. The minimum Gasteiger partial charge on any atom is -0.469 e. The highest BCUT2D eigenvalue weighted by molar-refractivity contribution is 7.87. The second kappa shape index (κ2) is 9.33. The first-order valence-corrected chi connectivity index (χ1v) is 9.92. The molecule has 0 unspecified atom stereocenters. The van der Waals surface area contributed by atoms with Crippen molar-refractivity contribution in [2.24, 2.45) is 11.7 Å². The van der Waals surface area contributed by atoms with E-state index in [-0.39, 0.29) is 30.8 Å². The Bertz CT molecular complexity index is 499. The standard InChI is InChI=1S/C15H29N3O4S.ClH/c1-22-14(19)13-6-10-18(11-7-13)23(20,21)17-12-15(16)8-4-2-3-5-9-15;/h13,17H,2-12,16H2,1H3;1H. The van der Waals surface area contributed by atoms with Crippen LogP contribution in [0.15, 0.2) is 0 Å². The summed E-state index contributed by atoms with van der Waals surface area (Å²) in [6.45, 7) is 0.964. The lowest BCUT2D eigenvalue weighted by Crippen LogP contribution is -2.53. The monoisotopic (exact) mass is 383 g/mol. The van der Waals surface area contributed by atoms with Gasteiger partial charge < -0.3 is 10.5 Å². The number of nitrogens with one attached hydrogen (secondary N) is 1. The number of nitrogens with two attached hydrogens (primary N) is 1. The van der Waals surface area contributed by atoms with Gasteiger partial charge in [-0.15, -0.1) is 12.4 Å². The maximum absolute atomic E-state index is 12.4. The number of hydrogen-bond donors (Lipinski definition) is 2. The van der Waals surface area contributed by atoms with Crippen LogP contribution in [0.1, 0.15) is 51.4 Å². The van der Waals surface area contributed by atoms with Gasteiger partial charge in [-0.05, 0) is 25.7 Å². The largest absolute Gasteiger partial charge is 0.469 e. The normalized spacial score (nSPS) is 23.1. The molecule has 142 valence electrons. The number of esters is 1. The predicted molar refractivity (Wildman–Crippen MR) is 95.1 cm³/mol. The average molecular weight is 384 g/mol. The Morgan fingerprint density at radius 2 is 1.75 bits per heavy atom. The van der Waals surface area contributed by atoms with Gasteiger partial charge in [-0.2, -0.15) is 12.7 Å². The molecule has 0 aromatic heterocycles. The molecule has 0 atom stereocenters. The fourth-order valence-corrected chi connectivity index (χ4v) is 4.78. The maximum Gasteiger partial charge on any atom is 0.308 e. The Hall–Kier alpha value is -0.410. The first-order valence-electron chi connectivity index (χ1n) is 8.48. The Morgan fingerprint density at radius 1 is 1.21 bits per heavy atom. The summed E-state index contributed by atoms with van der Waals surface area (Å²) in [4.78, 5) is 11.5. The van der Waals surface area contributed by atoms with E-state index in [0.717, 1.165) is 25.7 Å². The van der Waals surface area contributed by atoms with Crippen LogP contribution in [-0.2, 0) is 19.7 Å². The lowest BCUT2D eigenvalue weighted by atomic mass is 9.92. The topological polar surface area (TPSA) is 102 Å². The number of rotatable bonds is 5. The van der Waals surface area contributed by atoms with Gasteiger partial charge in [0.2, 0.25) is 0 Å². The van der Waals surface area contributed by atoms with E-state index in [4.69, 9.17) is 10.5 Å². The molecule has 1 aliphatic heterocycles. The maximum atomic E-state index is 12.4. The highest BCUT2D eigenvalue weighted by atomic mass is 35.5. The molecule has 2 rings (SSSR count). The molecule has 7 nitrogen and oxygen atoms in total. The molecule has 2 aliphatic rings. The smallest absolute Gasteiger partial charge is 0.308 e. The molecule has 9 heteroatoms. The van der Waals surface area contributed by atoms with Gasteiger partial charge in [0.15, 0.2) is 0 Å². The summed E-state index contributed by atoms with van der Waals surface area (Å²) in [7, 11) is -2.18. The van der Waals surface area contributed by atoms with Crippen LogP contribution >= 0.6 is 12.4 Å². The summed E-state index contributed by atoms with van der Waals surface area (Å²) in [5.74, 6) is -0.455. The van der Waals surface area contributed by atoms with Gasteiger partial charge in [0.05, 0.1) is 13.0 Å². The molecule has 0 amide bonds. The van der Waals surface area contributed by atoms with E-state index >= 15 is 0 Å². The summed E-state index contributed by atoms with van der Waals surface area (Å²) in [5.41, 5.74) is 5.93. The molecule has 0 aromatic carbocycles. The number of halogens is 1. The van der Waals surface area contributed by atoms with Gasteiger partial charge in [-0.3, -0.25) is 4.79 Å². The molecule has 2 fully saturated rings. The molecule has 0 bridgehead atoms. The van der Waals surface area contributed by atoms with E-state index in [9.17, 15) is 13.2 Å². The summed E-state index contributed by atoms with van der Waals surface area (Å²) >= 11 is 0. The Kier molecular flexibility index (Phi) is 8.41. The number of hydrogen-bond acceptors (Lipinski definition) is 5. The van der Waals surface area contributed by atoms with Gasteiger partial charge in [0.25, 0.3) is 10.2 Å². The van der Waals surface area contributed by atoms with Crippen LogP contribution in [0.4, 0.5) is 0 Å². The fraction of sp³-hybridized carbons (Fsp3) is 0.933. The molecule has 1 saturated carbocycles. The van der Waals surface area contributed by atoms with Crippen molar-refractivity contribution in [2.75, 3.05) is 26.7 Å². The minimum absolute atomic E-state index is 0. The van der Waals surface area contributed by atoms with Crippen LogP contribution < -0.4 is 10.5 Å². The van der Waals surface area contributed by atoms with Gasteiger partial charge in [0, 0.05) is 25.2 Å². The van der Waals surface area contributed by atoms with Crippen molar-refractivity contribution in [1.82, 2.24) is 9.03 Å². The number of carbonyl (C=O) groups is 1. The molecular formula is C15H30ClN3O4S. The van der Waals surface area contributed by atoms with Crippen LogP contribution in [0.2, 0.25) is 0 Å². The van der Waals surface area contributed by atoms with E-state index in [0.29, 0.717) is 25.9 Å². The molecule has 3 N–H and O–H groups in total. The van der Waals surface area contributed by atoms with Gasteiger partial charge in [-0.1, -0.05) is 25.7 Å². The van der Waals surface area contributed by atoms with Crippen molar-refractivity contribution in [1.29, 1.82) is 0 Å². The average Bonchev–Trinajstić information content (AvgIpc) is 2.78. The second-order valence-electron chi connectivity index (χ2n) is 6.80. The van der Waals surface area contributed by atoms with Gasteiger partial charge in [-0.25, -0.2) is 4.72 Å². The number of carbonyl (C=O) groups excluding carboxylic acids is 1. The number of methoxy groups -OCH3 is 1. The van der Waals surface area contributed by atoms with Crippen molar-refractivity contribution in [3.63, 3.8) is 0 Å². The van der Waals surface area contributed by atoms with Crippen LogP contribution in [0.5, 0.6) is 0 Å². The third kappa shape index (κ3) is 5.84. The van der Waals surface area contributed by atoms with Crippen LogP contribution in [0, 0.1) is 5.92 Å². The van der Waals surface area contributed by atoms with Gasteiger partial charge in [0.1, 0.15) is 0 Å². The highest BCUT2D eigenvalue weighted by Crippen LogP contribution is 2.25. The SMILES string of the molecule is COC(=O)C1CCN(S(=O)(=O)NCC2(N)CCCCCC2)CC1.Cl. The lowest BCUT2D eigenvalue weighted by molar-refractivity contribution is -0.146. The Balaban J connectivity index is 0.00000288. The van der Waals surface area contributed by atoms with E-state index in [2.05, 4.69) is 4.72 Å². The third-order valence-electron chi connectivity index (χ3n) is 5.03. The number of nitrogens with zero attached hydrogens (tertiary/aromatic N) is 1. The van der Waals surface area contributed by atoms with E-state index < -0.39 is 15.7 Å². The molecule has 1 heterocycles. The molecule has 0 radical (unpaired) electrons. The molecular weight excluding hydrogens is 354 g/mol. The highest BCUT2D eigenvalue weighted by Gasteiger charge is 2.33. The summed E-state index contributed by atoms with van der Waals surface area (Å²) in [6.07, 6.45) is 7.19. The zero-order valence-electron chi connectivity index (χ0n) is 14.3. The van der Waals surface area contributed by atoms with Crippen molar-refractivity contribution in [3.8, 4) is 0 Å². The van der Waals surface area contributed by atoms with Crippen LogP contribution in [-0.4, -0.2) is 51.0 Å². The first-order chi connectivity index (χ1) is 10.9. The fourth-order valence-electron chi connectivity index (χ4n) is 3.43.